The van der Waals surface area contributed by atoms with E-state index in [0.29, 0.717) is 6.42 Å². The summed E-state index contributed by atoms with van der Waals surface area (Å²) >= 11 is 0. The molecule has 12 heteroatoms. The van der Waals surface area contributed by atoms with Gasteiger partial charge in [-0.15, -0.1) is 0 Å². The molecular weight excluding hydrogens is 620 g/mol. The molecule has 48 heavy (non-hydrogen) atoms. The van der Waals surface area contributed by atoms with Crippen molar-refractivity contribution in [2.45, 2.75) is 70.4 Å². The summed E-state index contributed by atoms with van der Waals surface area (Å²) in [5.74, 6) is -5.51. The van der Waals surface area contributed by atoms with Crippen molar-refractivity contribution in [3.8, 4) is 23.0 Å². The third-order valence-corrected chi connectivity index (χ3v) is 8.18. The van der Waals surface area contributed by atoms with Gasteiger partial charge in [-0.3, -0.25) is 9.59 Å². The highest BCUT2D eigenvalue weighted by Crippen LogP contribution is 2.36. The van der Waals surface area contributed by atoms with Crippen molar-refractivity contribution in [2.24, 2.45) is 0 Å². The van der Waals surface area contributed by atoms with Gasteiger partial charge in [0.2, 0.25) is 5.78 Å². The van der Waals surface area contributed by atoms with Crippen LogP contribution in [0.5, 0.6) is 23.0 Å². The number of hydrogen-bond acceptors (Lipinski definition) is 10. The highest BCUT2D eigenvalue weighted by molar-refractivity contribution is 6.18. The summed E-state index contributed by atoms with van der Waals surface area (Å²) in [5, 5.41) is 47.0. The quantitative estimate of drug-likeness (QED) is 0.0634. The number of carbonyl (C=O) groups is 4. The molecule has 0 unspecified atom stereocenters. The molecule has 6 N–H and O–H groups in total. The first-order chi connectivity index (χ1) is 23.1. The molecule has 3 aromatic rings. The SMILES string of the molecule is CCCCCCCCCCOc1cc(C(=O)O[C@@H]2CNC[C@H]2NC(=O)c2ccccc2O)cc(O)c1C(=O)c1c(O)cccc1C(=O)O. The lowest BCUT2D eigenvalue weighted by molar-refractivity contribution is 0.0282. The molecule has 2 atom stereocenters. The molecule has 1 aliphatic heterocycles. The van der Waals surface area contributed by atoms with Gasteiger partial charge in [0.1, 0.15) is 34.7 Å². The Morgan fingerprint density at radius 1 is 0.792 bits per heavy atom. The molecule has 0 bridgehead atoms. The summed E-state index contributed by atoms with van der Waals surface area (Å²) in [5.41, 5.74) is -1.50. The molecule has 1 fully saturated rings. The van der Waals surface area contributed by atoms with Crippen LogP contribution in [0.3, 0.4) is 0 Å². The number of ketones is 1. The zero-order chi connectivity index (χ0) is 34.6. The van der Waals surface area contributed by atoms with E-state index in [0.717, 1.165) is 50.3 Å². The number of hydrogen-bond donors (Lipinski definition) is 6. The molecule has 0 spiro atoms. The van der Waals surface area contributed by atoms with Crippen molar-refractivity contribution in [1.29, 1.82) is 0 Å². The van der Waals surface area contributed by atoms with Crippen LogP contribution in [0.1, 0.15) is 105 Å². The minimum atomic E-state index is -1.45. The standard InChI is InChI=1S/C36H42N2O10/c1-2-3-4-5-6-7-8-11-17-47-29-19-22(18-28(41)32(29)33(42)31-24(35(44)45)14-12-16-27(31)40)36(46)48-30-21-37-20-25(30)38-34(43)23-13-9-10-15-26(23)39/h9-10,12-16,18-19,25,30,37,39-41H,2-8,11,17,20-21H2,1H3,(H,38,43)(H,44,45)/t25-,30-/m1/s1. The van der Waals surface area contributed by atoms with Crippen LogP contribution in [0.4, 0.5) is 0 Å². The highest BCUT2D eigenvalue weighted by atomic mass is 16.5. The second-order valence-corrected chi connectivity index (χ2v) is 11.7. The van der Waals surface area contributed by atoms with E-state index in [4.69, 9.17) is 9.47 Å². The Labute approximate surface area is 278 Å². The number of ether oxygens (including phenoxy) is 2. The molecule has 0 saturated carbocycles. The van der Waals surface area contributed by atoms with E-state index in [2.05, 4.69) is 17.6 Å². The van der Waals surface area contributed by atoms with Gasteiger partial charge in [0.05, 0.1) is 34.9 Å². The molecule has 1 saturated heterocycles. The number of phenolic OH excluding ortho intramolecular Hbond substituents is 3. The Kier molecular flexibility index (Phi) is 12.8. The number of nitrogens with one attached hydrogen (secondary N) is 2. The fraction of sp³-hybridized carbons (Fsp3) is 0.389. The lowest BCUT2D eigenvalue weighted by atomic mass is 9.95. The Bertz CT molecular complexity index is 1620. The Morgan fingerprint density at radius 3 is 2.17 bits per heavy atom. The summed E-state index contributed by atoms with van der Waals surface area (Å²) in [6, 6.07) is 11.2. The topological polar surface area (TPSA) is 192 Å². The predicted molar refractivity (Wildman–Crippen MR) is 176 cm³/mol. The maximum Gasteiger partial charge on any atom is 0.338 e. The van der Waals surface area contributed by atoms with E-state index in [1.807, 2.05) is 0 Å². The maximum atomic E-state index is 13.7. The number of amides is 1. The van der Waals surface area contributed by atoms with Gasteiger partial charge in [0.15, 0.2) is 0 Å². The number of esters is 1. The normalized spacial score (nSPS) is 15.5. The fourth-order valence-corrected chi connectivity index (χ4v) is 5.60. The number of aromatic hydroxyl groups is 3. The summed E-state index contributed by atoms with van der Waals surface area (Å²) in [6.07, 6.45) is 7.45. The van der Waals surface area contributed by atoms with Crippen LogP contribution in [0.2, 0.25) is 0 Å². The molecular formula is C36H42N2O10. The van der Waals surface area contributed by atoms with E-state index in [-0.39, 0.29) is 42.3 Å². The van der Waals surface area contributed by atoms with Crippen molar-refractivity contribution in [3.05, 3.63) is 82.4 Å². The van der Waals surface area contributed by atoms with E-state index in [1.54, 1.807) is 12.1 Å². The fourth-order valence-electron chi connectivity index (χ4n) is 5.60. The smallest absolute Gasteiger partial charge is 0.338 e. The number of carbonyl (C=O) groups excluding carboxylic acids is 3. The monoisotopic (exact) mass is 662 g/mol. The van der Waals surface area contributed by atoms with Crippen LogP contribution >= 0.6 is 0 Å². The molecule has 3 aromatic carbocycles. The molecule has 4 rings (SSSR count). The maximum absolute atomic E-state index is 13.7. The number of phenols is 3. The van der Waals surface area contributed by atoms with E-state index < -0.39 is 64.0 Å². The van der Waals surface area contributed by atoms with Gasteiger partial charge in [-0.05, 0) is 42.8 Å². The average Bonchev–Trinajstić information content (AvgIpc) is 3.49. The Hall–Kier alpha value is -5.10. The van der Waals surface area contributed by atoms with E-state index in [9.17, 15) is 39.6 Å². The van der Waals surface area contributed by atoms with E-state index >= 15 is 0 Å². The van der Waals surface area contributed by atoms with Gasteiger partial charge in [-0.2, -0.15) is 0 Å². The second-order valence-electron chi connectivity index (χ2n) is 11.7. The molecule has 256 valence electrons. The summed E-state index contributed by atoms with van der Waals surface area (Å²) in [7, 11) is 0. The van der Waals surface area contributed by atoms with Gasteiger partial charge in [0.25, 0.3) is 5.91 Å². The van der Waals surface area contributed by atoms with E-state index in [1.165, 1.54) is 37.1 Å². The van der Waals surface area contributed by atoms with Gasteiger partial charge < -0.3 is 40.5 Å². The number of carboxylic acids is 1. The largest absolute Gasteiger partial charge is 0.507 e. The Morgan fingerprint density at radius 2 is 1.46 bits per heavy atom. The molecule has 1 aliphatic rings. The number of benzene rings is 3. The summed E-state index contributed by atoms with van der Waals surface area (Å²) in [4.78, 5) is 51.7. The van der Waals surface area contributed by atoms with Crippen LogP contribution in [-0.2, 0) is 4.74 Å². The van der Waals surface area contributed by atoms with Gasteiger partial charge >= 0.3 is 11.9 Å². The highest BCUT2D eigenvalue weighted by Gasteiger charge is 2.34. The second kappa shape index (κ2) is 17.2. The van der Waals surface area contributed by atoms with Crippen molar-refractivity contribution in [2.75, 3.05) is 19.7 Å². The van der Waals surface area contributed by atoms with Crippen LogP contribution in [0.25, 0.3) is 0 Å². The first-order valence-electron chi connectivity index (χ1n) is 16.2. The number of aromatic carboxylic acids is 1. The molecule has 1 amide bonds. The van der Waals surface area contributed by atoms with Gasteiger partial charge in [0, 0.05) is 13.1 Å². The van der Waals surface area contributed by atoms with Crippen molar-refractivity contribution in [3.63, 3.8) is 0 Å². The first-order valence-corrected chi connectivity index (χ1v) is 16.2. The third kappa shape index (κ3) is 9.03. The zero-order valence-corrected chi connectivity index (χ0v) is 26.9. The third-order valence-electron chi connectivity index (χ3n) is 8.18. The number of para-hydroxylation sites is 1. The number of unbranched alkanes of at least 4 members (excludes halogenated alkanes) is 7. The lowest BCUT2D eigenvalue weighted by Crippen LogP contribution is -2.44. The minimum Gasteiger partial charge on any atom is -0.507 e. The molecule has 12 nitrogen and oxygen atoms in total. The van der Waals surface area contributed by atoms with Crippen molar-refractivity contribution >= 4 is 23.6 Å². The summed E-state index contributed by atoms with van der Waals surface area (Å²) in [6.45, 7) is 2.81. The summed E-state index contributed by atoms with van der Waals surface area (Å²) < 4.78 is 11.6. The molecule has 1 heterocycles. The van der Waals surface area contributed by atoms with Gasteiger partial charge in [-0.25, -0.2) is 9.59 Å². The van der Waals surface area contributed by atoms with Crippen LogP contribution in [0.15, 0.2) is 54.6 Å². The zero-order valence-electron chi connectivity index (χ0n) is 26.9. The van der Waals surface area contributed by atoms with Crippen molar-refractivity contribution in [1.82, 2.24) is 10.6 Å². The average molecular weight is 663 g/mol. The lowest BCUT2D eigenvalue weighted by Gasteiger charge is -2.21. The number of rotatable bonds is 17. The number of carboxylic acid groups (broad SMARTS) is 1. The van der Waals surface area contributed by atoms with Crippen molar-refractivity contribution < 1.29 is 49.1 Å². The first kappa shape index (κ1) is 35.7. The molecule has 0 aromatic heterocycles. The Balaban J connectivity index is 1.54. The minimum absolute atomic E-state index is 0.0634. The molecule has 0 radical (unpaired) electrons. The van der Waals surface area contributed by atoms with Gasteiger partial charge in [-0.1, -0.05) is 70.1 Å². The molecule has 0 aliphatic carbocycles. The van der Waals surface area contributed by atoms with Crippen LogP contribution in [-0.4, -0.2) is 75.9 Å². The van der Waals surface area contributed by atoms with Crippen LogP contribution < -0.4 is 15.4 Å². The van der Waals surface area contributed by atoms with Crippen LogP contribution in [0, 0.1) is 0 Å². The predicted octanol–water partition coefficient (Wildman–Crippen LogP) is 5.18.